The summed E-state index contributed by atoms with van der Waals surface area (Å²) in [6.07, 6.45) is 0.973. The van der Waals surface area contributed by atoms with E-state index in [1.165, 1.54) is 0 Å². The molecule has 1 amide bonds. The number of rotatable bonds is 6. The van der Waals surface area contributed by atoms with Crippen LogP contribution in [0.15, 0.2) is 59.1 Å². The summed E-state index contributed by atoms with van der Waals surface area (Å²) in [5.41, 5.74) is 1.95. The zero-order chi connectivity index (χ0) is 21.8. The second-order valence-corrected chi connectivity index (χ2v) is 7.94. The van der Waals surface area contributed by atoms with Crippen molar-refractivity contribution >= 4 is 11.6 Å². The van der Waals surface area contributed by atoms with Gasteiger partial charge in [0.05, 0.1) is 25.4 Å². The van der Waals surface area contributed by atoms with Gasteiger partial charge >= 0.3 is 0 Å². The van der Waals surface area contributed by atoms with E-state index >= 15 is 0 Å². The van der Waals surface area contributed by atoms with Crippen LogP contribution in [0, 0.1) is 0 Å². The molecule has 2 aliphatic rings. The quantitative estimate of drug-likeness (QED) is 0.590. The highest BCUT2D eigenvalue weighted by Gasteiger charge is 2.33. The van der Waals surface area contributed by atoms with Crippen molar-refractivity contribution in [2.24, 2.45) is 0 Å². The number of ether oxygens (including phenoxy) is 2. The summed E-state index contributed by atoms with van der Waals surface area (Å²) in [5.74, 6) is 1.99. The lowest BCUT2D eigenvalue weighted by molar-refractivity contribution is -0.142. The van der Waals surface area contributed by atoms with Crippen molar-refractivity contribution in [3.8, 4) is 17.1 Å². The Hall–Kier alpha value is -3.39. The minimum absolute atomic E-state index is 0.0252. The minimum atomic E-state index is -0.518. The normalized spacial score (nSPS) is 18.2. The summed E-state index contributed by atoms with van der Waals surface area (Å²) in [4.78, 5) is 21.6. The Labute approximate surface area is 186 Å². The van der Waals surface area contributed by atoms with Crippen LogP contribution in [0.3, 0.4) is 0 Å². The number of morpholine rings is 1. The van der Waals surface area contributed by atoms with Crippen LogP contribution < -0.4 is 9.64 Å². The average molecular weight is 434 g/mol. The van der Waals surface area contributed by atoms with Gasteiger partial charge in [-0.05, 0) is 18.6 Å². The number of aromatic nitrogens is 2. The van der Waals surface area contributed by atoms with Gasteiger partial charge in [0.1, 0.15) is 5.75 Å². The molecule has 2 aromatic carbocycles. The molecule has 1 aromatic heterocycles. The van der Waals surface area contributed by atoms with Crippen molar-refractivity contribution in [2.75, 3.05) is 44.3 Å². The molecule has 5 rings (SSSR count). The first-order valence-corrected chi connectivity index (χ1v) is 11.0. The molecule has 0 N–H and O–H groups in total. The Kier molecular flexibility index (Phi) is 6.02. The van der Waals surface area contributed by atoms with Gasteiger partial charge < -0.3 is 23.8 Å². The Balaban J connectivity index is 1.23. The first-order valence-electron chi connectivity index (χ1n) is 11.0. The molecule has 0 spiro atoms. The van der Waals surface area contributed by atoms with Crippen LogP contribution in [-0.4, -0.2) is 66.4 Å². The molecule has 0 radical (unpaired) electrons. The molecule has 2 aliphatic heterocycles. The molecule has 0 aliphatic carbocycles. The molecule has 1 saturated heterocycles. The molecular weight excluding hydrogens is 408 g/mol. The minimum Gasteiger partial charge on any atom is -0.477 e. The number of amides is 1. The third-order valence-corrected chi connectivity index (χ3v) is 5.78. The van der Waals surface area contributed by atoms with Gasteiger partial charge in [-0.3, -0.25) is 4.79 Å². The van der Waals surface area contributed by atoms with Gasteiger partial charge in [0.15, 0.2) is 6.10 Å². The number of nitrogens with zero attached hydrogens (tertiary/aromatic N) is 4. The van der Waals surface area contributed by atoms with Gasteiger partial charge in [-0.1, -0.05) is 47.6 Å². The van der Waals surface area contributed by atoms with Crippen LogP contribution in [0.2, 0.25) is 0 Å². The molecule has 8 nitrogen and oxygen atoms in total. The SMILES string of the molecule is O=C(C1CN(CCCc2nc(-c3ccccc3)no2)c2ccccc2O1)N1CCOCC1. The summed E-state index contributed by atoms with van der Waals surface area (Å²) in [7, 11) is 0. The van der Waals surface area contributed by atoms with Crippen LogP contribution in [0.4, 0.5) is 5.69 Å². The van der Waals surface area contributed by atoms with E-state index in [2.05, 4.69) is 15.0 Å². The Morgan fingerprint density at radius 2 is 1.81 bits per heavy atom. The van der Waals surface area contributed by atoms with Crippen molar-refractivity contribution in [1.29, 1.82) is 0 Å². The third kappa shape index (κ3) is 4.45. The van der Waals surface area contributed by atoms with E-state index in [0.717, 1.165) is 30.0 Å². The Morgan fingerprint density at radius 1 is 1.03 bits per heavy atom. The van der Waals surface area contributed by atoms with E-state index in [1.807, 2.05) is 59.5 Å². The molecule has 8 heteroatoms. The number of carbonyl (C=O) groups is 1. The third-order valence-electron chi connectivity index (χ3n) is 5.78. The highest BCUT2D eigenvalue weighted by Crippen LogP contribution is 2.33. The average Bonchev–Trinajstić information content (AvgIpc) is 3.33. The van der Waals surface area contributed by atoms with Crippen LogP contribution in [-0.2, 0) is 16.0 Å². The number of hydrogen-bond donors (Lipinski definition) is 0. The first kappa shape index (κ1) is 20.5. The lowest BCUT2D eigenvalue weighted by Gasteiger charge is -2.38. The number of anilines is 1. The van der Waals surface area contributed by atoms with E-state index < -0.39 is 6.10 Å². The summed E-state index contributed by atoms with van der Waals surface area (Å²) >= 11 is 0. The van der Waals surface area contributed by atoms with Crippen molar-refractivity contribution < 1.29 is 18.8 Å². The monoisotopic (exact) mass is 434 g/mol. The van der Waals surface area contributed by atoms with Crippen molar-refractivity contribution in [3.63, 3.8) is 0 Å². The van der Waals surface area contributed by atoms with Gasteiger partial charge in [-0.25, -0.2) is 0 Å². The molecule has 3 aromatic rings. The van der Waals surface area contributed by atoms with Crippen molar-refractivity contribution in [2.45, 2.75) is 18.9 Å². The van der Waals surface area contributed by atoms with E-state index in [9.17, 15) is 4.79 Å². The fraction of sp³-hybridized carbons (Fsp3) is 0.375. The first-order chi connectivity index (χ1) is 15.8. The standard InChI is InChI=1S/C24H26N4O4/c29-24(27-13-15-30-16-14-27)21-17-28(19-9-4-5-10-20(19)31-21)12-6-11-22-25-23(26-32-22)18-7-2-1-3-8-18/h1-5,7-10,21H,6,11-17H2. The van der Waals surface area contributed by atoms with Crippen molar-refractivity contribution in [1.82, 2.24) is 15.0 Å². The Morgan fingerprint density at radius 3 is 2.66 bits per heavy atom. The smallest absolute Gasteiger partial charge is 0.265 e. The number of aryl methyl sites for hydroxylation is 1. The summed E-state index contributed by atoms with van der Waals surface area (Å²) in [6, 6.07) is 17.7. The maximum atomic E-state index is 13.0. The van der Waals surface area contributed by atoms with Gasteiger partial charge in [-0.15, -0.1) is 0 Å². The molecule has 166 valence electrons. The highest BCUT2D eigenvalue weighted by atomic mass is 16.5. The molecule has 1 atom stereocenters. The van der Waals surface area contributed by atoms with Crippen LogP contribution in [0.5, 0.6) is 5.75 Å². The molecular formula is C24H26N4O4. The fourth-order valence-electron chi connectivity index (χ4n) is 4.12. The van der Waals surface area contributed by atoms with Gasteiger partial charge in [0.2, 0.25) is 11.7 Å². The van der Waals surface area contributed by atoms with E-state index in [0.29, 0.717) is 51.0 Å². The number of hydrogen-bond acceptors (Lipinski definition) is 7. The zero-order valence-corrected chi connectivity index (χ0v) is 17.9. The van der Waals surface area contributed by atoms with Crippen LogP contribution in [0.1, 0.15) is 12.3 Å². The second kappa shape index (κ2) is 9.40. The number of benzene rings is 2. The van der Waals surface area contributed by atoms with E-state index in [1.54, 1.807) is 0 Å². The number of fused-ring (bicyclic) bond motifs is 1. The zero-order valence-electron chi connectivity index (χ0n) is 17.9. The van der Waals surface area contributed by atoms with Gasteiger partial charge in [-0.2, -0.15) is 4.98 Å². The topological polar surface area (TPSA) is 80.9 Å². The molecule has 0 bridgehead atoms. The molecule has 3 heterocycles. The predicted molar refractivity (Wildman–Crippen MR) is 119 cm³/mol. The Bertz CT molecular complexity index is 1050. The summed E-state index contributed by atoms with van der Waals surface area (Å²) < 4.78 is 16.9. The van der Waals surface area contributed by atoms with Crippen LogP contribution in [0.25, 0.3) is 11.4 Å². The number of para-hydroxylation sites is 2. The largest absolute Gasteiger partial charge is 0.477 e. The second-order valence-electron chi connectivity index (χ2n) is 7.94. The summed E-state index contributed by atoms with van der Waals surface area (Å²) in [6.45, 7) is 3.66. The van der Waals surface area contributed by atoms with Gasteiger partial charge in [0, 0.05) is 31.6 Å². The lowest BCUT2D eigenvalue weighted by atomic mass is 10.1. The van der Waals surface area contributed by atoms with Gasteiger partial charge in [0.25, 0.3) is 5.91 Å². The number of carbonyl (C=O) groups excluding carboxylic acids is 1. The molecule has 1 fully saturated rings. The highest BCUT2D eigenvalue weighted by molar-refractivity contribution is 5.83. The van der Waals surface area contributed by atoms with Crippen LogP contribution >= 0.6 is 0 Å². The fourth-order valence-corrected chi connectivity index (χ4v) is 4.12. The van der Waals surface area contributed by atoms with Crippen molar-refractivity contribution in [3.05, 3.63) is 60.5 Å². The molecule has 1 unspecified atom stereocenters. The lowest BCUT2D eigenvalue weighted by Crippen LogP contribution is -2.53. The van der Waals surface area contributed by atoms with E-state index in [-0.39, 0.29) is 5.91 Å². The van der Waals surface area contributed by atoms with E-state index in [4.69, 9.17) is 14.0 Å². The predicted octanol–water partition coefficient (Wildman–Crippen LogP) is 2.80. The molecule has 0 saturated carbocycles. The maximum Gasteiger partial charge on any atom is 0.265 e. The summed E-state index contributed by atoms with van der Waals surface area (Å²) in [5, 5.41) is 4.09. The molecule has 32 heavy (non-hydrogen) atoms. The maximum absolute atomic E-state index is 13.0.